The summed E-state index contributed by atoms with van der Waals surface area (Å²) in [5.41, 5.74) is 1.19. The van der Waals surface area contributed by atoms with E-state index in [0.717, 1.165) is 31.9 Å². The molecule has 0 aromatic carbocycles. The number of aryl methyl sites for hydroxylation is 1. The summed E-state index contributed by atoms with van der Waals surface area (Å²) in [5.74, 6) is 1.02. The van der Waals surface area contributed by atoms with E-state index in [1.807, 2.05) is 24.7 Å². The highest BCUT2D eigenvalue weighted by molar-refractivity contribution is 5.09. The molecule has 0 aliphatic carbocycles. The summed E-state index contributed by atoms with van der Waals surface area (Å²) >= 11 is 0. The van der Waals surface area contributed by atoms with E-state index in [1.165, 1.54) is 5.56 Å². The van der Waals surface area contributed by atoms with Crippen molar-refractivity contribution in [3.05, 3.63) is 48.3 Å². The Morgan fingerprint density at radius 3 is 3.20 bits per heavy atom. The van der Waals surface area contributed by atoms with Crippen molar-refractivity contribution in [2.45, 2.75) is 38.6 Å². The highest BCUT2D eigenvalue weighted by Gasteiger charge is 2.32. The van der Waals surface area contributed by atoms with Gasteiger partial charge in [-0.3, -0.25) is 4.98 Å². The van der Waals surface area contributed by atoms with Gasteiger partial charge in [-0.15, -0.1) is 0 Å². The maximum Gasteiger partial charge on any atom is 0.139 e. The number of nitrogens with one attached hydrogen (secondary N) is 1. The molecule has 3 heterocycles. The summed E-state index contributed by atoms with van der Waals surface area (Å²) < 4.78 is 8.03. The summed E-state index contributed by atoms with van der Waals surface area (Å²) in [7, 11) is 0. The lowest BCUT2D eigenvalue weighted by atomic mass is 10.1. The maximum absolute atomic E-state index is 5.88. The number of ether oxygens (including phenoxy) is 1. The van der Waals surface area contributed by atoms with Gasteiger partial charge in [-0.2, -0.15) is 0 Å². The number of hydrogen-bond donors (Lipinski definition) is 1. The molecule has 1 aliphatic heterocycles. The fourth-order valence-corrected chi connectivity index (χ4v) is 2.65. The normalized spacial score (nSPS) is 22.2. The Morgan fingerprint density at radius 2 is 2.40 bits per heavy atom. The number of rotatable bonds is 5. The van der Waals surface area contributed by atoms with E-state index in [4.69, 9.17) is 4.74 Å². The molecule has 1 N–H and O–H groups in total. The monoisotopic (exact) mass is 272 g/mol. The van der Waals surface area contributed by atoms with Gasteiger partial charge in [-0.25, -0.2) is 4.98 Å². The second-order valence-corrected chi connectivity index (χ2v) is 5.00. The molecule has 3 rings (SSSR count). The third kappa shape index (κ3) is 2.73. The average Bonchev–Trinajstić information content (AvgIpc) is 3.14. The predicted molar refractivity (Wildman–Crippen MR) is 76.1 cm³/mol. The summed E-state index contributed by atoms with van der Waals surface area (Å²) in [4.78, 5) is 8.60. The molecule has 5 nitrogen and oxygen atoms in total. The first-order valence-electron chi connectivity index (χ1n) is 7.13. The smallest absolute Gasteiger partial charge is 0.139 e. The third-order valence-electron chi connectivity index (χ3n) is 3.73. The van der Waals surface area contributed by atoms with Gasteiger partial charge in [0.05, 0.1) is 0 Å². The Hall–Kier alpha value is -1.72. The van der Waals surface area contributed by atoms with Crippen LogP contribution in [-0.2, 0) is 17.8 Å². The summed E-state index contributed by atoms with van der Waals surface area (Å²) in [6, 6.07) is 4.35. The second-order valence-electron chi connectivity index (χ2n) is 5.00. The van der Waals surface area contributed by atoms with Gasteiger partial charge in [-0.05, 0) is 25.0 Å². The van der Waals surface area contributed by atoms with Gasteiger partial charge in [0.1, 0.15) is 11.9 Å². The summed E-state index contributed by atoms with van der Waals surface area (Å²) in [6.07, 6.45) is 8.60. The lowest BCUT2D eigenvalue weighted by molar-refractivity contribution is 0.0886. The lowest BCUT2D eigenvalue weighted by Gasteiger charge is -2.20. The molecule has 2 aromatic rings. The van der Waals surface area contributed by atoms with Gasteiger partial charge in [-0.1, -0.05) is 6.07 Å². The number of hydrogen-bond acceptors (Lipinski definition) is 4. The van der Waals surface area contributed by atoms with Gasteiger partial charge in [0, 0.05) is 50.5 Å². The van der Waals surface area contributed by atoms with E-state index >= 15 is 0 Å². The predicted octanol–water partition coefficient (Wildman–Crippen LogP) is 1.92. The quantitative estimate of drug-likeness (QED) is 0.903. The molecule has 0 saturated carbocycles. The Bertz CT molecular complexity index is 540. The van der Waals surface area contributed by atoms with Gasteiger partial charge >= 0.3 is 0 Å². The Morgan fingerprint density at radius 1 is 1.45 bits per heavy atom. The van der Waals surface area contributed by atoms with Crippen LogP contribution >= 0.6 is 0 Å². The molecular formula is C15H20N4O. The van der Waals surface area contributed by atoms with E-state index in [-0.39, 0.29) is 6.10 Å². The molecule has 1 aliphatic rings. The highest BCUT2D eigenvalue weighted by Crippen LogP contribution is 2.28. The molecule has 0 amide bonds. The van der Waals surface area contributed by atoms with Crippen LogP contribution in [0, 0.1) is 0 Å². The van der Waals surface area contributed by atoms with E-state index in [9.17, 15) is 0 Å². The lowest BCUT2D eigenvalue weighted by Crippen LogP contribution is -2.32. The molecule has 1 fully saturated rings. The van der Waals surface area contributed by atoms with Crippen LogP contribution < -0.4 is 5.32 Å². The first-order chi connectivity index (χ1) is 9.88. The van der Waals surface area contributed by atoms with Crippen LogP contribution in [0.2, 0.25) is 0 Å². The zero-order valence-electron chi connectivity index (χ0n) is 11.7. The minimum absolute atomic E-state index is 0.0432. The highest BCUT2D eigenvalue weighted by atomic mass is 16.5. The number of aromatic nitrogens is 3. The minimum atomic E-state index is 0.0432. The second kappa shape index (κ2) is 6.15. The zero-order chi connectivity index (χ0) is 13.8. The van der Waals surface area contributed by atoms with Crippen molar-refractivity contribution >= 4 is 0 Å². The van der Waals surface area contributed by atoms with Gasteiger partial charge in [0.15, 0.2) is 0 Å². The fourth-order valence-electron chi connectivity index (χ4n) is 2.65. The van der Waals surface area contributed by atoms with Crippen molar-refractivity contribution in [1.29, 1.82) is 0 Å². The number of pyridine rings is 1. The van der Waals surface area contributed by atoms with Crippen molar-refractivity contribution in [2.24, 2.45) is 0 Å². The van der Waals surface area contributed by atoms with Gasteiger partial charge in [0.25, 0.3) is 0 Å². The fraction of sp³-hybridized carbons (Fsp3) is 0.467. The topological polar surface area (TPSA) is 52.0 Å². The van der Waals surface area contributed by atoms with Crippen LogP contribution in [0.25, 0.3) is 0 Å². The van der Waals surface area contributed by atoms with Crippen LogP contribution in [0.15, 0.2) is 36.9 Å². The Kier molecular flexibility index (Phi) is 4.08. The van der Waals surface area contributed by atoms with Crippen LogP contribution in [0.1, 0.15) is 30.8 Å². The van der Waals surface area contributed by atoms with Gasteiger partial charge in [0.2, 0.25) is 0 Å². The van der Waals surface area contributed by atoms with E-state index < -0.39 is 0 Å². The third-order valence-corrected chi connectivity index (χ3v) is 3.73. The van der Waals surface area contributed by atoms with Crippen molar-refractivity contribution in [3.63, 3.8) is 0 Å². The van der Waals surface area contributed by atoms with Gasteiger partial charge < -0.3 is 14.6 Å². The largest absolute Gasteiger partial charge is 0.369 e. The zero-order valence-corrected chi connectivity index (χ0v) is 11.7. The molecule has 0 spiro atoms. The van der Waals surface area contributed by atoms with Crippen molar-refractivity contribution in [3.8, 4) is 0 Å². The molecule has 1 saturated heterocycles. The summed E-state index contributed by atoms with van der Waals surface area (Å²) in [6.45, 7) is 4.64. The molecule has 5 heteroatoms. The molecular weight excluding hydrogens is 252 g/mol. The average molecular weight is 272 g/mol. The van der Waals surface area contributed by atoms with Crippen LogP contribution in [0.5, 0.6) is 0 Å². The SMILES string of the molecule is CCn1ccnc1[C@H]1OCC[C@@H]1NCc1cccnc1. The van der Waals surface area contributed by atoms with Crippen LogP contribution in [0.3, 0.4) is 0 Å². The summed E-state index contributed by atoms with van der Waals surface area (Å²) in [5, 5.41) is 3.57. The minimum Gasteiger partial charge on any atom is -0.369 e. The number of nitrogens with zero attached hydrogens (tertiary/aromatic N) is 3. The van der Waals surface area contributed by atoms with E-state index in [2.05, 4.69) is 32.8 Å². The molecule has 0 unspecified atom stereocenters. The molecule has 2 atom stereocenters. The first-order valence-corrected chi connectivity index (χ1v) is 7.13. The first kappa shape index (κ1) is 13.3. The standard InChI is InChI=1S/C15H20N4O/c1-2-19-8-7-17-15(19)14-13(5-9-20-14)18-11-12-4-3-6-16-10-12/h3-4,6-8,10,13-14,18H,2,5,9,11H2,1H3/t13-,14-/m0/s1. The van der Waals surface area contributed by atoms with Crippen LogP contribution in [0.4, 0.5) is 0 Å². The van der Waals surface area contributed by atoms with E-state index in [1.54, 1.807) is 6.20 Å². The Balaban J connectivity index is 1.67. The van der Waals surface area contributed by atoms with Crippen molar-refractivity contribution in [1.82, 2.24) is 19.9 Å². The maximum atomic E-state index is 5.88. The molecule has 106 valence electrons. The molecule has 0 radical (unpaired) electrons. The Labute approximate surface area is 119 Å². The van der Waals surface area contributed by atoms with Crippen LogP contribution in [-0.4, -0.2) is 27.2 Å². The molecule has 20 heavy (non-hydrogen) atoms. The van der Waals surface area contributed by atoms with Crippen molar-refractivity contribution in [2.75, 3.05) is 6.61 Å². The molecule has 2 aromatic heterocycles. The molecule has 0 bridgehead atoms. The number of imidazole rings is 1. The van der Waals surface area contributed by atoms with E-state index in [0.29, 0.717) is 6.04 Å². The van der Waals surface area contributed by atoms with Crippen molar-refractivity contribution < 1.29 is 4.74 Å².